The average molecular weight is 502 g/mol. The van der Waals surface area contributed by atoms with Crippen molar-refractivity contribution in [3.05, 3.63) is 35.4 Å². The molecule has 0 atom stereocenters. The number of nitrogens with one attached hydrogen (secondary N) is 4. The first-order valence-corrected chi connectivity index (χ1v) is 14.3. The van der Waals surface area contributed by atoms with Crippen LogP contribution in [0.5, 0.6) is 0 Å². The van der Waals surface area contributed by atoms with E-state index >= 15 is 0 Å². The highest BCUT2D eigenvalue weighted by Crippen LogP contribution is 2.17. The van der Waals surface area contributed by atoms with Gasteiger partial charge in [0.2, 0.25) is 0 Å². The average Bonchev–Trinajstić information content (AvgIpc) is 2.80. The molecule has 0 aliphatic rings. The zero-order valence-corrected chi connectivity index (χ0v) is 22.1. The van der Waals surface area contributed by atoms with Crippen LogP contribution in [-0.4, -0.2) is 59.5 Å². The lowest BCUT2D eigenvalue weighted by Gasteiger charge is -2.28. The molecule has 0 heterocycles. The Morgan fingerprint density at radius 1 is 0.818 bits per heavy atom. The van der Waals surface area contributed by atoms with Gasteiger partial charge in [-0.25, -0.2) is 9.59 Å². The maximum atomic E-state index is 12.2. The Morgan fingerprint density at radius 3 is 1.76 bits per heavy atom. The van der Waals surface area contributed by atoms with Crippen LogP contribution in [0, 0.1) is 0 Å². The van der Waals surface area contributed by atoms with Crippen LogP contribution in [0.4, 0.5) is 9.59 Å². The second kappa shape index (κ2) is 17.7. The zero-order valence-electron chi connectivity index (χ0n) is 20.1. The molecule has 0 saturated heterocycles. The molecule has 0 saturated carbocycles. The van der Waals surface area contributed by atoms with Crippen molar-refractivity contribution < 1.29 is 22.9 Å². The van der Waals surface area contributed by atoms with Gasteiger partial charge in [0.25, 0.3) is 0 Å². The molecule has 188 valence electrons. The minimum absolute atomic E-state index is 0.192. The fourth-order valence-corrected chi connectivity index (χ4v) is 5.93. The third kappa shape index (κ3) is 12.9. The molecule has 11 heteroatoms. The van der Waals surface area contributed by atoms with Crippen LogP contribution in [0.3, 0.4) is 0 Å². The number of rotatable bonds is 17. The summed E-state index contributed by atoms with van der Waals surface area (Å²) < 4.78 is 17.5. The molecule has 0 aliphatic heterocycles. The van der Waals surface area contributed by atoms with E-state index in [1.807, 2.05) is 45.0 Å². The third-order valence-corrected chi connectivity index (χ3v) is 8.08. The SMILES string of the molecule is CCO[Si](CCCNC(=O)NCc1cccc(CNC(=O)NCCC[SH2+])c1)(OCC)OCC. The van der Waals surface area contributed by atoms with Gasteiger partial charge in [0.05, 0.1) is 0 Å². The van der Waals surface area contributed by atoms with Gasteiger partial charge in [0.1, 0.15) is 5.75 Å². The van der Waals surface area contributed by atoms with E-state index in [2.05, 4.69) is 33.9 Å². The van der Waals surface area contributed by atoms with Crippen molar-refractivity contribution in [3.8, 4) is 0 Å². The first-order valence-electron chi connectivity index (χ1n) is 11.7. The molecule has 4 N–H and O–H groups in total. The zero-order chi connectivity index (χ0) is 24.4. The molecule has 1 aromatic rings. The number of urea groups is 2. The number of benzene rings is 1. The van der Waals surface area contributed by atoms with Crippen molar-refractivity contribution in [2.75, 3.05) is 38.7 Å². The van der Waals surface area contributed by atoms with E-state index in [0.29, 0.717) is 58.5 Å². The Hall–Kier alpha value is -1.79. The largest absolute Gasteiger partial charge is 0.500 e. The van der Waals surface area contributed by atoms with E-state index in [1.165, 1.54) is 0 Å². The summed E-state index contributed by atoms with van der Waals surface area (Å²) in [5.41, 5.74) is 1.92. The lowest BCUT2D eigenvalue weighted by atomic mass is 10.1. The Bertz CT molecular complexity index is 681. The standard InChI is InChI=1S/C22H40N4O5SSi/c1-4-29-33(30-5-2,31-6-3)15-9-13-24-22(28)26-18-20-11-7-10-19(16-20)17-25-21(27)23-12-8-14-32/h7,10-11,16,32H,4-6,8-9,12-15,17-18H2,1-3H3,(H2,23,25,27)(H2,24,26,28)/p+1. The smallest absolute Gasteiger partial charge is 0.374 e. The molecule has 1 aromatic carbocycles. The van der Waals surface area contributed by atoms with Gasteiger partial charge >= 0.3 is 20.9 Å². The molecule has 0 radical (unpaired) electrons. The van der Waals surface area contributed by atoms with E-state index < -0.39 is 8.80 Å². The second-order valence-electron chi connectivity index (χ2n) is 7.23. The van der Waals surface area contributed by atoms with Crippen molar-refractivity contribution in [1.82, 2.24) is 21.3 Å². The highest BCUT2D eigenvalue weighted by atomic mass is 32.1. The quantitative estimate of drug-likeness (QED) is 0.149. The third-order valence-electron chi connectivity index (χ3n) is 4.57. The molecule has 0 aromatic heterocycles. The summed E-state index contributed by atoms with van der Waals surface area (Å²) in [6.07, 6.45) is 1.58. The van der Waals surface area contributed by atoms with Crippen LogP contribution < -0.4 is 21.3 Å². The van der Waals surface area contributed by atoms with Gasteiger partial charge < -0.3 is 34.5 Å². The van der Waals surface area contributed by atoms with E-state index in [-0.39, 0.29) is 12.1 Å². The second-order valence-corrected chi connectivity index (χ2v) is 10.5. The molecule has 0 fully saturated rings. The van der Waals surface area contributed by atoms with E-state index in [1.54, 1.807) is 0 Å². The summed E-state index contributed by atoms with van der Waals surface area (Å²) in [6, 6.07) is 7.98. The highest BCUT2D eigenvalue weighted by molar-refractivity contribution is 7.58. The number of carbonyl (C=O) groups is 2. The van der Waals surface area contributed by atoms with Crippen LogP contribution in [0.1, 0.15) is 44.7 Å². The molecular weight excluding hydrogens is 460 g/mol. The number of carbonyl (C=O) groups excluding carboxylic acids is 2. The minimum atomic E-state index is -2.68. The molecule has 0 unspecified atom stereocenters. The first kappa shape index (κ1) is 29.2. The highest BCUT2D eigenvalue weighted by Gasteiger charge is 2.39. The summed E-state index contributed by atoms with van der Waals surface area (Å²) >= 11 is 3.38. The predicted octanol–water partition coefficient (Wildman–Crippen LogP) is 2.13. The summed E-state index contributed by atoms with van der Waals surface area (Å²) in [7, 11) is -2.68. The fraction of sp³-hybridized carbons (Fsp3) is 0.636. The van der Waals surface area contributed by atoms with Crippen molar-refractivity contribution >= 4 is 33.5 Å². The molecule has 0 bridgehead atoms. The molecule has 4 amide bonds. The molecule has 33 heavy (non-hydrogen) atoms. The Balaban J connectivity index is 2.36. The maximum absolute atomic E-state index is 12.2. The normalized spacial score (nSPS) is 11.2. The fourth-order valence-electron chi connectivity index (χ4n) is 3.14. The maximum Gasteiger partial charge on any atom is 0.500 e. The van der Waals surface area contributed by atoms with E-state index in [4.69, 9.17) is 13.3 Å². The van der Waals surface area contributed by atoms with Gasteiger partial charge in [-0.2, -0.15) is 0 Å². The van der Waals surface area contributed by atoms with Crippen LogP contribution in [0.25, 0.3) is 0 Å². The van der Waals surface area contributed by atoms with E-state index in [0.717, 1.165) is 23.3 Å². The molecule has 0 spiro atoms. The number of hydrogen-bond donors (Lipinski definition) is 4. The van der Waals surface area contributed by atoms with Gasteiger partial charge in [-0.3, -0.25) is 0 Å². The Labute approximate surface area is 204 Å². The summed E-state index contributed by atoms with van der Waals surface area (Å²) in [6.45, 7) is 9.34. The molecule has 1 rings (SSSR count). The van der Waals surface area contributed by atoms with Gasteiger partial charge in [-0.05, 0) is 50.9 Å². The summed E-state index contributed by atoms with van der Waals surface area (Å²) in [4.78, 5) is 23.9. The Morgan fingerprint density at radius 2 is 1.30 bits per heavy atom. The summed E-state index contributed by atoms with van der Waals surface area (Å²) in [5, 5.41) is 11.4. The van der Waals surface area contributed by atoms with Gasteiger partial charge in [-0.15, -0.1) is 0 Å². The lowest BCUT2D eigenvalue weighted by Crippen LogP contribution is -2.46. The van der Waals surface area contributed by atoms with Crippen LogP contribution >= 0.6 is 0 Å². The topological polar surface area (TPSA) is 110 Å². The molecule has 0 aliphatic carbocycles. The van der Waals surface area contributed by atoms with Gasteiger partial charge in [0, 0.05) is 58.5 Å². The lowest BCUT2D eigenvalue weighted by molar-refractivity contribution is 0.0708. The van der Waals surface area contributed by atoms with Crippen molar-refractivity contribution in [2.45, 2.75) is 52.7 Å². The van der Waals surface area contributed by atoms with Gasteiger partial charge in [-0.1, -0.05) is 24.3 Å². The van der Waals surface area contributed by atoms with Crippen LogP contribution in [-0.2, 0) is 39.0 Å². The number of amides is 4. The summed E-state index contributed by atoms with van der Waals surface area (Å²) in [5.74, 6) is 0.846. The van der Waals surface area contributed by atoms with Crippen LogP contribution in [0.15, 0.2) is 24.3 Å². The monoisotopic (exact) mass is 501 g/mol. The molecule has 9 nitrogen and oxygen atoms in total. The van der Waals surface area contributed by atoms with Gasteiger partial charge in [0.15, 0.2) is 0 Å². The minimum Gasteiger partial charge on any atom is -0.374 e. The Kier molecular flexibility index (Phi) is 15.6. The van der Waals surface area contributed by atoms with Crippen LogP contribution in [0.2, 0.25) is 6.04 Å². The van der Waals surface area contributed by atoms with Crippen molar-refractivity contribution in [3.63, 3.8) is 0 Å². The first-order chi connectivity index (χ1) is 16.0. The van der Waals surface area contributed by atoms with Crippen molar-refractivity contribution in [1.29, 1.82) is 0 Å². The molecular formula is C22H41N4O5SSi+. The van der Waals surface area contributed by atoms with E-state index in [9.17, 15) is 9.59 Å². The van der Waals surface area contributed by atoms with Crippen molar-refractivity contribution in [2.24, 2.45) is 0 Å². The predicted molar refractivity (Wildman–Crippen MR) is 137 cm³/mol. The number of hydrogen-bond acceptors (Lipinski definition) is 5.